The second-order valence-corrected chi connectivity index (χ2v) is 3.81. The summed E-state index contributed by atoms with van der Waals surface area (Å²) in [5.41, 5.74) is -5.76. The number of allylic oxidation sites excluding steroid dienone is 3. The van der Waals surface area contributed by atoms with Crippen molar-refractivity contribution in [3.63, 3.8) is 0 Å². The second kappa shape index (κ2) is 4.07. The van der Waals surface area contributed by atoms with Crippen molar-refractivity contribution in [1.29, 1.82) is 0 Å². The van der Waals surface area contributed by atoms with Crippen LogP contribution in [0.4, 0.5) is 39.5 Å². The van der Waals surface area contributed by atoms with E-state index in [1.165, 1.54) is 0 Å². The largest absolute Gasteiger partial charge is 0.469 e. The van der Waals surface area contributed by atoms with E-state index < -0.39 is 47.6 Å². The molecule has 1 atom stereocenters. The molecule has 0 amide bonds. The van der Waals surface area contributed by atoms with E-state index in [2.05, 4.69) is 4.74 Å². The number of ether oxygens (including phenoxy) is 1. The maximum absolute atomic E-state index is 12.5. The Morgan fingerprint density at radius 3 is 1.68 bits per heavy atom. The predicted molar refractivity (Wildman–Crippen MR) is 43.8 cm³/mol. The molecular weight excluding hydrogens is 295 g/mol. The van der Waals surface area contributed by atoms with Crippen molar-refractivity contribution < 1.29 is 44.3 Å². The molecule has 10 heteroatoms. The Labute approximate surface area is 99.9 Å². The molecule has 1 aliphatic heterocycles. The van der Waals surface area contributed by atoms with Crippen molar-refractivity contribution in [2.24, 2.45) is 0 Å². The van der Waals surface area contributed by atoms with E-state index in [9.17, 15) is 39.5 Å². The van der Waals surface area contributed by atoms with E-state index in [1.807, 2.05) is 0 Å². The van der Waals surface area contributed by atoms with Crippen LogP contribution in [0.1, 0.15) is 6.92 Å². The van der Waals surface area contributed by atoms with Gasteiger partial charge in [0.2, 0.25) is 11.4 Å². The molecule has 0 saturated heterocycles. The zero-order valence-electron chi connectivity index (χ0n) is 8.96. The highest BCUT2D eigenvalue weighted by molar-refractivity contribution is 5.35. The summed E-state index contributed by atoms with van der Waals surface area (Å²) in [4.78, 5) is 0. The zero-order valence-corrected chi connectivity index (χ0v) is 8.96. The summed E-state index contributed by atoms with van der Waals surface area (Å²) in [5.74, 6) is -2.35. The summed E-state index contributed by atoms with van der Waals surface area (Å²) < 4.78 is 115. The van der Waals surface area contributed by atoms with Crippen molar-refractivity contribution in [1.82, 2.24) is 0 Å². The van der Waals surface area contributed by atoms with E-state index in [1.54, 1.807) is 0 Å². The Kier molecular flexibility index (Phi) is 3.37. The average molecular weight is 300 g/mol. The Morgan fingerprint density at radius 2 is 1.37 bits per heavy atom. The van der Waals surface area contributed by atoms with Gasteiger partial charge in [-0.15, -0.1) is 0 Å². The molecule has 0 unspecified atom stereocenters. The highest BCUT2D eigenvalue weighted by Crippen LogP contribution is 2.46. The summed E-state index contributed by atoms with van der Waals surface area (Å²) in [6, 6.07) is 0. The Bertz CT molecular complexity index is 422. The molecule has 0 spiro atoms. The van der Waals surface area contributed by atoms with Gasteiger partial charge in [-0.1, -0.05) is 0 Å². The van der Waals surface area contributed by atoms with E-state index in [0.717, 1.165) is 0 Å². The molecule has 0 aromatic heterocycles. The van der Waals surface area contributed by atoms with E-state index in [-0.39, 0.29) is 6.92 Å². The third-order valence-corrected chi connectivity index (χ3v) is 2.21. The quantitative estimate of drug-likeness (QED) is 0.607. The number of hydrogen-bond donors (Lipinski definition) is 0. The number of halogens is 9. The summed E-state index contributed by atoms with van der Waals surface area (Å²) >= 11 is 0. The van der Waals surface area contributed by atoms with Crippen molar-refractivity contribution in [3.8, 4) is 0 Å². The topological polar surface area (TPSA) is 9.23 Å². The first-order chi connectivity index (χ1) is 8.17. The third kappa shape index (κ3) is 3.16. The Morgan fingerprint density at radius 1 is 0.895 bits per heavy atom. The first-order valence-corrected chi connectivity index (χ1v) is 4.51. The van der Waals surface area contributed by atoms with Crippen LogP contribution < -0.4 is 0 Å². The van der Waals surface area contributed by atoms with Crippen molar-refractivity contribution >= 4 is 0 Å². The molecule has 1 heterocycles. The lowest BCUT2D eigenvalue weighted by Crippen LogP contribution is -2.46. The zero-order chi connectivity index (χ0) is 15.3. The molecule has 0 bridgehead atoms. The van der Waals surface area contributed by atoms with Gasteiger partial charge in [-0.25, -0.2) is 0 Å². The SMILES string of the molecule is C[C@]1(C(F)(F)F)C=C(C(F)(F)F)C=C(C(F)(F)F)O1. The van der Waals surface area contributed by atoms with Crippen LogP contribution in [0.2, 0.25) is 0 Å². The maximum atomic E-state index is 12.5. The van der Waals surface area contributed by atoms with Gasteiger partial charge in [-0.05, 0) is 19.1 Å². The van der Waals surface area contributed by atoms with Crippen LogP contribution in [0.5, 0.6) is 0 Å². The molecule has 0 aromatic rings. The van der Waals surface area contributed by atoms with Gasteiger partial charge in [0.05, 0.1) is 5.57 Å². The highest BCUT2D eigenvalue weighted by atomic mass is 19.4. The lowest BCUT2D eigenvalue weighted by molar-refractivity contribution is -0.259. The standard InChI is InChI=1S/C9H5F9O/c1-6(9(16,17)18)3-4(7(10,11)12)2-5(19-6)8(13,14)15/h2-3H,1H3/t6-/m1/s1. The lowest BCUT2D eigenvalue weighted by atomic mass is 9.98. The molecule has 1 rings (SSSR count). The molecule has 0 radical (unpaired) electrons. The van der Waals surface area contributed by atoms with Crippen LogP contribution in [-0.2, 0) is 4.74 Å². The number of rotatable bonds is 0. The monoisotopic (exact) mass is 300 g/mol. The molecule has 1 aliphatic rings. The number of alkyl halides is 9. The van der Waals surface area contributed by atoms with Crippen molar-refractivity contribution in [2.75, 3.05) is 0 Å². The molecule has 0 aromatic carbocycles. The van der Waals surface area contributed by atoms with E-state index in [0.29, 0.717) is 0 Å². The summed E-state index contributed by atoms with van der Waals surface area (Å²) in [6.07, 6.45) is -17.2. The first-order valence-electron chi connectivity index (χ1n) is 4.51. The minimum absolute atomic E-state index is 0.0808. The van der Waals surface area contributed by atoms with Crippen LogP contribution in [-0.4, -0.2) is 24.1 Å². The molecule has 1 nitrogen and oxygen atoms in total. The lowest BCUT2D eigenvalue weighted by Gasteiger charge is -2.35. The third-order valence-electron chi connectivity index (χ3n) is 2.21. The second-order valence-electron chi connectivity index (χ2n) is 3.81. The van der Waals surface area contributed by atoms with Gasteiger partial charge < -0.3 is 4.74 Å². The highest BCUT2D eigenvalue weighted by Gasteiger charge is 2.58. The average Bonchev–Trinajstić information content (AvgIpc) is 2.12. The van der Waals surface area contributed by atoms with Crippen molar-refractivity contribution in [2.45, 2.75) is 31.1 Å². The molecule has 19 heavy (non-hydrogen) atoms. The minimum Gasteiger partial charge on any atom is -0.469 e. The summed E-state index contributed by atoms with van der Waals surface area (Å²) in [6.45, 7) is 0.0808. The Balaban J connectivity index is 3.39. The van der Waals surface area contributed by atoms with Crippen molar-refractivity contribution in [3.05, 3.63) is 23.5 Å². The molecule has 0 fully saturated rings. The molecule has 0 N–H and O–H groups in total. The molecule has 110 valence electrons. The summed E-state index contributed by atoms with van der Waals surface area (Å²) in [5, 5.41) is 0. The van der Waals surface area contributed by atoms with Gasteiger partial charge in [-0.3, -0.25) is 0 Å². The van der Waals surface area contributed by atoms with Crippen LogP contribution in [0.15, 0.2) is 23.5 Å². The van der Waals surface area contributed by atoms with E-state index in [4.69, 9.17) is 0 Å². The normalized spacial score (nSPS) is 25.6. The molecule has 0 saturated carbocycles. The van der Waals surface area contributed by atoms with E-state index >= 15 is 0 Å². The van der Waals surface area contributed by atoms with Gasteiger partial charge >= 0.3 is 18.5 Å². The fourth-order valence-electron chi connectivity index (χ4n) is 1.21. The van der Waals surface area contributed by atoms with Gasteiger partial charge in [0.1, 0.15) is 0 Å². The van der Waals surface area contributed by atoms with Gasteiger partial charge in [0, 0.05) is 0 Å². The van der Waals surface area contributed by atoms with Crippen LogP contribution >= 0.6 is 0 Å². The van der Waals surface area contributed by atoms with Crippen LogP contribution in [0, 0.1) is 0 Å². The number of hydrogen-bond acceptors (Lipinski definition) is 1. The minimum atomic E-state index is -5.46. The Hall–Kier alpha value is -1.35. The molecular formula is C9H5F9O. The predicted octanol–water partition coefficient (Wildman–Crippen LogP) is 4.27. The summed E-state index contributed by atoms with van der Waals surface area (Å²) in [7, 11) is 0. The van der Waals surface area contributed by atoms with Gasteiger partial charge in [-0.2, -0.15) is 39.5 Å². The fraction of sp³-hybridized carbons (Fsp3) is 0.556. The molecule has 0 aliphatic carbocycles. The smallest absolute Gasteiger partial charge is 0.448 e. The van der Waals surface area contributed by atoms with Crippen LogP contribution in [0.25, 0.3) is 0 Å². The fourth-order valence-corrected chi connectivity index (χ4v) is 1.21. The van der Waals surface area contributed by atoms with Gasteiger partial charge in [0.15, 0.2) is 0 Å². The first kappa shape index (κ1) is 15.7. The van der Waals surface area contributed by atoms with Gasteiger partial charge in [0.25, 0.3) is 0 Å². The maximum Gasteiger partial charge on any atom is 0.448 e. The van der Waals surface area contributed by atoms with Crippen LogP contribution in [0.3, 0.4) is 0 Å².